The van der Waals surface area contributed by atoms with Gasteiger partial charge in [0.05, 0.1) is 6.04 Å². The summed E-state index contributed by atoms with van der Waals surface area (Å²) in [5.74, 6) is -1.42. The van der Waals surface area contributed by atoms with Gasteiger partial charge in [-0.2, -0.15) is 0 Å². The summed E-state index contributed by atoms with van der Waals surface area (Å²) in [6.07, 6.45) is 2.05. The van der Waals surface area contributed by atoms with Gasteiger partial charge in [0.15, 0.2) is 0 Å². The van der Waals surface area contributed by atoms with Gasteiger partial charge in [0.25, 0.3) is 5.91 Å². The Balaban J connectivity index is 0.00000147. The third-order valence-electron chi connectivity index (χ3n) is 4.24. The second-order valence-electron chi connectivity index (χ2n) is 5.16. The zero-order chi connectivity index (χ0) is 13.9. The Morgan fingerprint density at radius 1 is 1.45 bits per heavy atom. The van der Waals surface area contributed by atoms with Gasteiger partial charge in [-0.3, -0.25) is 14.5 Å². The Morgan fingerprint density at radius 2 is 2.10 bits per heavy atom. The van der Waals surface area contributed by atoms with E-state index < -0.39 is 12.0 Å². The van der Waals surface area contributed by atoms with Crippen LogP contribution in [0.15, 0.2) is 23.9 Å². The van der Waals surface area contributed by atoms with Gasteiger partial charge in [0.1, 0.15) is 11.7 Å². The minimum absolute atomic E-state index is 0. The zero-order valence-electron chi connectivity index (χ0n) is 10.5. The number of allylic oxidation sites excluding steroid dienone is 2. The number of hydrogen-bond donors (Lipinski definition) is 1. The number of carboxylic acids is 1. The average Bonchev–Trinajstić information content (AvgIpc) is 2.72. The SMILES string of the molecule is C=CC1=C(C(=O)O)N2C(=O)[C@@H]3[C@H]2[C@H](C1)CN3C(C)=O.[NaH]. The summed E-state index contributed by atoms with van der Waals surface area (Å²) in [5, 5.41) is 9.27. The Hall–Kier alpha value is -1.11. The number of nitrogens with zero attached hydrogens (tertiary/aromatic N) is 2. The first-order valence-corrected chi connectivity index (χ1v) is 6.16. The molecule has 3 aliphatic rings. The fraction of sp³-hybridized carbons (Fsp3) is 0.462. The van der Waals surface area contributed by atoms with Crippen molar-refractivity contribution in [2.75, 3.05) is 6.54 Å². The van der Waals surface area contributed by atoms with Crippen molar-refractivity contribution >= 4 is 47.3 Å². The van der Waals surface area contributed by atoms with Crippen LogP contribution in [0.3, 0.4) is 0 Å². The van der Waals surface area contributed by atoms with Gasteiger partial charge in [0.2, 0.25) is 5.91 Å². The van der Waals surface area contributed by atoms with Crippen molar-refractivity contribution in [1.82, 2.24) is 9.80 Å². The first-order chi connectivity index (χ1) is 8.97. The molecule has 0 aromatic rings. The van der Waals surface area contributed by atoms with Crippen molar-refractivity contribution in [3.05, 3.63) is 23.9 Å². The van der Waals surface area contributed by atoms with E-state index in [-0.39, 0.29) is 59.0 Å². The van der Waals surface area contributed by atoms with Gasteiger partial charge >= 0.3 is 35.5 Å². The molecular formula is C13H15N2NaO4. The van der Waals surface area contributed by atoms with E-state index >= 15 is 0 Å². The molecule has 2 amide bonds. The van der Waals surface area contributed by atoms with Crippen LogP contribution in [0, 0.1) is 5.92 Å². The average molecular weight is 286 g/mol. The van der Waals surface area contributed by atoms with Gasteiger partial charge in [-0.15, -0.1) is 0 Å². The number of carbonyl (C=O) groups is 3. The normalized spacial score (nSPS) is 30.4. The summed E-state index contributed by atoms with van der Waals surface area (Å²) in [4.78, 5) is 37.9. The second-order valence-corrected chi connectivity index (χ2v) is 5.16. The third kappa shape index (κ3) is 1.78. The minimum atomic E-state index is -1.11. The standard InChI is InChI=1S/C13H14N2O4.Na.H/c1-3-7-4-8-5-14(6(2)16)11-9(8)15(12(11)17)10(7)13(18)19;;/h3,8-9,11H,1,4-5H2,2H3,(H,18,19);;/t8-,9-,11+;;/m1../s1. The van der Waals surface area contributed by atoms with Crippen molar-refractivity contribution in [2.24, 2.45) is 5.92 Å². The molecule has 0 spiro atoms. The molecule has 102 valence electrons. The predicted octanol–water partition coefficient (Wildman–Crippen LogP) is -0.676. The molecule has 20 heavy (non-hydrogen) atoms. The van der Waals surface area contributed by atoms with Crippen LogP contribution in [0.5, 0.6) is 0 Å². The van der Waals surface area contributed by atoms with Crippen LogP contribution in [0.1, 0.15) is 13.3 Å². The van der Waals surface area contributed by atoms with Crippen LogP contribution >= 0.6 is 0 Å². The first-order valence-electron chi connectivity index (χ1n) is 6.16. The molecule has 2 saturated heterocycles. The van der Waals surface area contributed by atoms with Crippen molar-refractivity contribution in [1.29, 1.82) is 0 Å². The molecule has 3 atom stereocenters. The summed E-state index contributed by atoms with van der Waals surface area (Å²) in [6.45, 7) is 5.57. The van der Waals surface area contributed by atoms with E-state index in [0.717, 1.165) is 0 Å². The summed E-state index contributed by atoms with van der Waals surface area (Å²) in [6, 6.07) is -0.644. The van der Waals surface area contributed by atoms with Crippen LogP contribution in [-0.4, -0.2) is 80.9 Å². The summed E-state index contributed by atoms with van der Waals surface area (Å²) >= 11 is 0. The number of aliphatic carboxylic acids is 1. The summed E-state index contributed by atoms with van der Waals surface area (Å²) in [5.41, 5.74) is 0.605. The van der Waals surface area contributed by atoms with Gasteiger partial charge < -0.3 is 10.0 Å². The fourth-order valence-electron chi connectivity index (χ4n) is 3.48. The van der Waals surface area contributed by atoms with E-state index in [1.165, 1.54) is 17.9 Å². The van der Waals surface area contributed by atoms with E-state index in [2.05, 4.69) is 6.58 Å². The molecule has 0 aromatic heterocycles. The number of carbonyl (C=O) groups excluding carboxylic acids is 2. The maximum absolute atomic E-state index is 12.1. The summed E-state index contributed by atoms with van der Waals surface area (Å²) in [7, 11) is 0. The number of amides is 2. The van der Waals surface area contributed by atoms with Crippen molar-refractivity contribution in [3.8, 4) is 0 Å². The van der Waals surface area contributed by atoms with Crippen LogP contribution in [0.2, 0.25) is 0 Å². The van der Waals surface area contributed by atoms with Gasteiger partial charge in [-0.05, 0) is 12.0 Å². The van der Waals surface area contributed by atoms with Crippen LogP contribution < -0.4 is 0 Å². The predicted molar refractivity (Wildman–Crippen MR) is 71.9 cm³/mol. The van der Waals surface area contributed by atoms with Crippen LogP contribution in [-0.2, 0) is 14.4 Å². The number of β-lactam (4-membered cyclic amide) rings is 1. The van der Waals surface area contributed by atoms with Gasteiger partial charge in [-0.1, -0.05) is 12.7 Å². The molecule has 0 bridgehead atoms. The van der Waals surface area contributed by atoms with Crippen LogP contribution in [0.4, 0.5) is 0 Å². The second kappa shape index (κ2) is 5.02. The fourth-order valence-corrected chi connectivity index (χ4v) is 3.48. The van der Waals surface area contributed by atoms with Crippen molar-refractivity contribution < 1.29 is 19.5 Å². The number of likely N-dealkylation sites (tertiary alicyclic amines) is 1. The molecule has 7 heteroatoms. The van der Waals surface area contributed by atoms with E-state index in [0.29, 0.717) is 18.5 Å². The number of rotatable bonds is 2. The molecule has 0 aliphatic carbocycles. The molecule has 6 nitrogen and oxygen atoms in total. The molecule has 2 fully saturated rings. The van der Waals surface area contributed by atoms with Crippen LogP contribution in [0.25, 0.3) is 0 Å². The van der Waals surface area contributed by atoms with Gasteiger partial charge in [0, 0.05) is 19.4 Å². The zero-order valence-corrected chi connectivity index (χ0v) is 10.5. The molecule has 1 N–H and O–H groups in total. The van der Waals surface area contributed by atoms with E-state index in [4.69, 9.17) is 0 Å². The Kier molecular flexibility index (Phi) is 3.83. The molecule has 3 rings (SSSR count). The number of carboxylic acid groups (broad SMARTS) is 1. The molecular weight excluding hydrogens is 271 g/mol. The molecule has 0 aromatic carbocycles. The quantitative estimate of drug-likeness (QED) is 0.539. The molecule has 3 aliphatic heterocycles. The Morgan fingerprint density at radius 3 is 2.60 bits per heavy atom. The monoisotopic (exact) mass is 286 g/mol. The number of hydrogen-bond acceptors (Lipinski definition) is 3. The van der Waals surface area contributed by atoms with E-state index in [1.54, 1.807) is 4.90 Å². The topological polar surface area (TPSA) is 77.9 Å². The molecule has 3 heterocycles. The molecule has 0 unspecified atom stereocenters. The molecule has 0 radical (unpaired) electrons. The van der Waals surface area contributed by atoms with Gasteiger partial charge in [-0.25, -0.2) is 4.79 Å². The molecule has 0 saturated carbocycles. The third-order valence-corrected chi connectivity index (χ3v) is 4.24. The maximum atomic E-state index is 12.1. The Bertz CT molecular complexity index is 557. The van der Waals surface area contributed by atoms with E-state index in [1.807, 2.05) is 0 Å². The van der Waals surface area contributed by atoms with Crippen molar-refractivity contribution in [3.63, 3.8) is 0 Å². The first kappa shape index (κ1) is 15.3. The van der Waals surface area contributed by atoms with E-state index in [9.17, 15) is 19.5 Å². The Labute approximate surface area is 138 Å². The summed E-state index contributed by atoms with van der Waals surface area (Å²) < 4.78 is 0. The van der Waals surface area contributed by atoms with Crippen molar-refractivity contribution in [2.45, 2.75) is 25.4 Å².